The number of likely N-dealkylation sites (N-methyl/N-ethyl adjacent to an activating group) is 1. The second-order valence-corrected chi connectivity index (χ2v) is 6.00. The van der Waals surface area contributed by atoms with E-state index in [-0.39, 0.29) is 0 Å². The van der Waals surface area contributed by atoms with Crippen LogP contribution in [0.5, 0.6) is 0 Å². The van der Waals surface area contributed by atoms with Crippen molar-refractivity contribution in [1.82, 2.24) is 8.61 Å². The lowest BCUT2D eigenvalue weighted by Crippen LogP contribution is -2.33. The summed E-state index contributed by atoms with van der Waals surface area (Å²) in [4.78, 5) is 0. The molecule has 88 valence electrons. The van der Waals surface area contributed by atoms with Gasteiger partial charge in [0.05, 0.1) is 0 Å². The molecule has 0 aliphatic carbocycles. The van der Waals surface area contributed by atoms with E-state index in [4.69, 9.17) is 0 Å². The Bertz CT molecular complexity index is 440. The fourth-order valence-electron chi connectivity index (χ4n) is 1.52. The molecule has 0 N–H and O–H groups in total. The molecule has 5 heteroatoms. The molecule has 1 aromatic carbocycles. The zero-order valence-corrected chi connectivity index (χ0v) is 10.2. The zero-order chi connectivity index (χ0) is 11.6. The monoisotopic (exact) mass is 240 g/mol. The first-order chi connectivity index (χ1) is 7.60. The molecular formula is C11H16N2O2S. The molecule has 0 spiro atoms. The normalized spacial score (nSPS) is 16.6. The summed E-state index contributed by atoms with van der Waals surface area (Å²) in [6, 6.07) is 9.91. The lowest BCUT2D eigenvalue weighted by atomic mass is 10.2. The van der Waals surface area contributed by atoms with Crippen molar-refractivity contribution in [2.75, 3.05) is 26.7 Å². The van der Waals surface area contributed by atoms with Crippen LogP contribution < -0.4 is 0 Å². The van der Waals surface area contributed by atoms with Crippen LogP contribution in [-0.4, -0.2) is 43.7 Å². The quantitative estimate of drug-likeness (QED) is 0.712. The second-order valence-electron chi connectivity index (χ2n) is 3.96. The third-order valence-electron chi connectivity index (χ3n) is 2.68. The van der Waals surface area contributed by atoms with Crippen molar-refractivity contribution >= 4 is 10.2 Å². The van der Waals surface area contributed by atoms with Crippen molar-refractivity contribution in [2.24, 2.45) is 0 Å². The predicted molar refractivity (Wildman–Crippen MR) is 63.3 cm³/mol. The van der Waals surface area contributed by atoms with Gasteiger partial charge in [-0.3, -0.25) is 0 Å². The van der Waals surface area contributed by atoms with Crippen LogP contribution in [0.2, 0.25) is 0 Å². The van der Waals surface area contributed by atoms with Crippen LogP contribution in [-0.2, 0) is 16.6 Å². The van der Waals surface area contributed by atoms with Crippen LogP contribution >= 0.6 is 0 Å². The summed E-state index contributed by atoms with van der Waals surface area (Å²) in [6.07, 6.45) is 0.754. The largest absolute Gasteiger partial charge is 0.281 e. The highest BCUT2D eigenvalue weighted by Crippen LogP contribution is 2.15. The molecule has 2 rings (SSSR count). The van der Waals surface area contributed by atoms with Gasteiger partial charge in [0.1, 0.15) is 0 Å². The van der Waals surface area contributed by atoms with Crippen molar-refractivity contribution in [3.8, 4) is 0 Å². The van der Waals surface area contributed by atoms with Crippen LogP contribution in [0.1, 0.15) is 5.56 Å². The van der Waals surface area contributed by atoms with Gasteiger partial charge in [-0.2, -0.15) is 17.0 Å². The summed E-state index contributed by atoms with van der Waals surface area (Å²) in [5.74, 6) is 0. The van der Waals surface area contributed by atoms with Gasteiger partial charge in [0.25, 0.3) is 10.2 Å². The minimum absolute atomic E-state index is 0.531. The van der Waals surface area contributed by atoms with Crippen LogP contribution in [0.15, 0.2) is 30.3 Å². The lowest BCUT2D eigenvalue weighted by Gasteiger charge is -2.17. The highest BCUT2D eigenvalue weighted by atomic mass is 32.2. The average Bonchev–Trinajstić information content (AvgIpc) is 3.11. The van der Waals surface area contributed by atoms with Gasteiger partial charge in [-0.1, -0.05) is 30.3 Å². The molecule has 0 saturated carbocycles. The number of nitrogens with zero attached hydrogens (tertiary/aromatic N) is 2. The van der Waals surface area contributed by atoms with E-state index in [9.17, 15) is 8.42 Å². The molecule has 4 nitrogen and oxygen atoms in total. The summed E-state index contributed by atoms with van der Waals surface area (Å²) in [7, 11) is -1.53. The standard InChI is InChI=1S/C11H16N2O2S/c1-12(16(14,15)13-9-10-13)8-7-11-5-3-2-4-6-11/h2-6H,7-10H2,1H3. The minimum atomic E-state index is -3.17. The second kappa shape index (κ2) is 4.53. The molecule has 1 fully saturated rings. The van der Waals surface area contributed by atoms with Crippen LogP contribution in [0.25, 0.3) is 0 Å². The van der Waals surface area contributed by atoms with Crippen LogP contribution in [0.4, 0.5) is 0 Å². The number of rotatable bonds is 5. The van der Waals surface area contributed by atoms with Gasteiger partial charge in [-0.05, 0) is 12.0 Å². The molecule has 0 atom stereocenters. The van der Waals surface area contributed by atoms with E-state index in [0.29, 0.717) is 19.6 Å². The maximum absolute atomic E-state index is 11.8. The summed E-state index contributed by atoms with van der Waals surface area (Å²) < 4.78 is 26.4. The smallest absolute Gasteiger partial charge is 0.195 e. The Morgan fingerprint density at radius 3 is 2.44 bits per heavy atom. The molecule has 1 aliphatic rings. The first-order valence-corrected chi connectivity index (χ1v) is 6.76. The maximum Gasteiger partial charge on any atom is 0.281 e. The number of benzene rings is 1. The summed E-state index contributed by atoms with van der Waals surface area (Å²) >= 11 is 0. The fourth-order valence-corrected chi connectivity index (χ4v) is 2.77. The Hall–Kier alpha value is -0.910. The Balaban J connectivity index is 1.91. The van der Waals surface area contributed by atoms with Gasteiger partial charge in [-0.25, -0.2) is 0 Å². The molecule has 0 radical (unpaired) electrons. The van der Waals surface area contributed by atoms with Gasteiger partial charge in [0.2, 0.25) is 0 Å². The van der Waals surface area contributed by atoms with Crippen molar-refractivity contribution in [1.29, 1.82) is 0 Å². The highest BCUT2D eigenvalue weighted by Gasteiger charge is 2.34. The van der Waals surface area contributed by atoms with E-state index in [2.05, 4.69) is 0 Å². The van der Waals surface area contributed by atoms with Gasteiger partial charge in [0.15, 0.2) is 0 Å². The minimum Gasteiger partial charge on any atom is -0.195 e. The third-order valence-corrected chi connectivity index (χ3v) is 4.67. The molecule has 0 unspecified atom stereocenters. The predicted octanol–water partition coefficient (Wildman–Crippen LogP) is 0.721. The van der Waals surface area contributed by atoms with Crippen molar-refractivity contribution in [2.45, 2.75) is 6.42 Å². The van der Waals surface area contributed by atoms with E-state index < -0.39 is 10.2 Å². The van der Waals surface area contributed by atoms with Crippen molar-refractivity contribution in [3.05, 3.63) is 35.9 Å². The van der Waals surface area contributed by atoms with E-state index in [1.54, 1.807) is 7.05 Å². The molecule has 16 heavy (non-hydrogen) atoms. The first kappa shape index (κ1) is 11.6. The summed E-state index contributed by atoms with van der Waals surface area (Å²) in [5.41, 5.74) is 1.16. The maximum atomic E-state index is 11.8. The molecule has 0 aromatic heterocycles. The van der Waals surface area contributed by atoms with E-state index in [1.807, 2.05) is 30.3 Å². The van der Waals surface area contributed by atoms with Gasteiger partial charge in [-0.15, -0.1) is 0 Å². The van der Waals surface area contributed by atoms with Crippen LogP contribution in [0.3, 0.4) is 0 Å². The lowest BCUT2D eigenvalue weighted by molar-refractivity contribution is 0.445. The summed E-state index contributed by atoms with van der Waals surface area (Å²) in [5, 5.41) is 0. The third kappa shape index (κ3) is 2.61. The fraction of sp³-hybridized carbons (Fsp3) is 0.455. The van der Waals surface area contributed by atoms with Gasteiger partial charge < -0.3 is 0 Å². The van der Waals surface area contributed by atoms with E-state index >= 15 is 0 Å². The van der Waals surface area contributed by atoms with Crippen molar-refractivity contribution < 1.29 is 8.42 Å². The average molecular weight is 240 g/mol. The Kier molecular flexibility index (Phi) is 3.28. The first-order valence-electron chi connectivity index (χ1n) is 5.36. The highest BCUT2D eigenvalue weighted by molar-refractivity contribution is 7.87. The molecule has 0 amide bonds. The number of hydrogen-bond acceptors (Lipinski definition) is 2. The molecule has 1 saturated heterocycles. The summed E-state index contributed by atoms with van der Waals surface area (Å²) in [6.45, 7) is 1.86. The van der Waals surface area contributed by atoms with Crippen molar-refractivity contribution in [3.63, 3.8) is 0 Å². The Morgan fingerprint density at radius 1 is 1.25 bits per heavy atom. The van der Waals surface area contributed by atoms with Gasteiger partial charge >= 0.3 is 0 Å². The molecule has 0 bridgehead atoms. The van der Waals surface area contributed by atoms with Crippen LogP contribution in [0, 0.1) is 0 Å². The topological polar surface area (TPSA) is 40.4 Å². The molecular weight excluding hydrogens is 224 g/mol. The molecule has 1 heterocycles. The van der Waals surface area contributed by atoms with E-state index in [0.717, 1.165) is 12.0 Å². The molecule has 1 aromatic rings. The Morgan fingerprint density at radius 2 is 1.88 bits per heavy atom. The van der Waals surface area contributed by atoms with E-state index in [1.165, 1.54) is 8.61 Å². The number of hydrogen-bond donors (Lipinski definition) is 0. The van der Waals surface area contributed by atoms with Gasteiger partial charge in [0, 0.05) is 26.7 Å². The Labute approximate surface area is 96.7 Å². The molecule has 1 aliphatic heterocycles. The SMILES string of the molecule is CN(CCc1ccccc1)S(=O)(=O)N1CC1. The zero-order valence-electron chi connectivity index (χ0n) is 9.33.